The lowest BCUT2D eigenvalue weighted by molar-refractivity contribution is 0.0745. The van der Waals surface area contributed by atoms with Crippen molar-refractivity contribution in [1.29, 1.82) is 0 Å². The number of hydrogen-bond donors (Lipinski definition) is 0. The quantitative estimate of drug-likeness (QED) is 0.685. The zero-order valence-corrected chi connectivity index (χ0v) is 15.9. The summed E-state index contributed by atoms with van der Waals surface area (Å²) in [4.78, 5) is 17.7. The van der Waals surface area contributed by atoms with Gasteiger partial charge >= 0.3 is 0 Å². The minimum absolute atomic E-state index is 0.0214. The van der Waals surface area contributed by atoms with Crippen LogP contribution in [0.15, 0.2) is 24.3 Å². The second kappa shape index (κ2) is 6.49. The lowest BCUT2D eigenvalue weighted by Crippen LogP contribution is -2.48. The molecule has 2 aliphatic rings. The summed E-state index contributed by atoms with van der Waals surface area (Å²) in [6.07, 6.45) is 2.26. The maximum Gasteiger partial charge on any atom is 0.284 e. The van der Waals surface area contributed by atoms with Gasteiger partial charge < -0.3 is 14.5 Å². The molecule has 1 aliphatic carbocycles. The van der Waals surface area contributed by atoms with E-state index in [1.165, 1.54) is 11.3 Å². The monoisotopic (exact) mass is 384 g/mol. The van der Waals surface area contributed by atoms with Gasteiger partial charge in [-0.1, -0.05) is 23.5 Å². The van der Waals surface area contributed by atoms with Crippen LogP contribution in [0.1, 0.15) is 34.4 Å². The van der Waals surface area contributed by atoms with E-state index in [-0.39, 0.29) is 5.91 Å². The molecule has 8 nitrogen and oxygen atoms in total. The fourth-order valence-corrected chi connectivity index (χ4v) is 4.31. The summed E-state index contributed by atoms with van der Waals surface area (Å²) >= 11 is 1.32. The molecule has 0 spiro atoms. The number of carbonyl (C=O) groups excluding carboxylic acids is 1. The number of piperazine rings is 1. The van der Waals surface area contributed by atoms with Crippen LogP contribution in [-0.2, 0) is 0 Å². The summed E-state index contributed by atoms with van der Waals surface area (Å²) in [6, 6.07) is 7.99. The van der Waals surface area contributed by atoms with Crippen LogP contribution in [0.25, 0.3) is 4.96 Å². The molecule has 1 saturated heterocycles. The van der Waals surface area contributed by atoms with Crippen LogP contribution < -0.4 is 9.64 Å². The standard InChI is InChI=1S/C18H20N6O2S/c1-26-14-5-3-2-4-13(14)22-8-10-23(11-9-22)17(25)16-21-24-15(12-6-7-12)19-20-18(24)27-16/h2-5,12H,6-11H2,1H3. The number of methoxy groups -OCH3 is 1. The minimum atomic E-state index is -0.0214. The van der Waals surface area contributed by atoms with Crippen molar-refractivity contribution in [1.82, 2.24) is 24.7 Å². The van der Waals surface area contributed by atoms with Crippen molar-refractivity contribution in [3.05, 3.63) is 35.1 Å². The van der Waals surface area contributed by atoms with E-state index in [2.05, 4.69) is 26.3 Å². The molecule has 27 heavy (non-hydrogen) atoms. The summed E-state index contributed by atoms with van der Waals surface area (Å²) < 4.78 is 7.21. The summed E-state index contributed by atoms with van der Waals surface area (Å²) in [5.41, 5.74) is 1.07. The molecule has 0 radical (unpaired) electrons. The molecule has 0 unspecified atom stereocenters. The molecule has 3 heterocycles. The molecule has 1 aromatic carbocycles. The van der Waals surface area contributed by atoms with Crippen LogP contribution in [0, 0.1) is 0 Å². The predicted octanol–water partition coefficient (Wildman–Crippen LogP) is 2.03. The Morgan fingerprint density at radius 2 is 1.93 bits per heavy atom. The summed E-state index contributed by atoms with van der Waals surface area (Å²) in [6.45, 7) is 2.85. The number of benzene rings is 1. The number of nitrogens with zero attached hydrogens (tertiary/aromatic N) is 6. The predicted molar refractivity (Wildman–Crippen MR) is 102 cm³/mol. The maximum atomic E-state index is 12.9. The van der Waals surface area contributed by atoms with E-state index in [1.54, 1.807) is 11.6 Å². The van der Waals surface area contributed by atoms with Gasteiger partial charge in [-0.15, -0.1) is 15.3 Å². The van der Waals surface area contributed by atoms with Gasteiger partial charge in [0.2, 0.25) is 9.97 Å². The number of rotatable bonds is 4. The summed E-state index contributed by atoms with van der Waals surface area (Å²) in [5.74, 6) is 2.18. The van der Waals surface area contributed by atoms with Gasteiger partial charge in [0.05, 0.1) is 12.8 Å². The number of hydrogen-bond acceptors (Lipinski definition) is 7. The minimum Gasteiger partial charge on any atom is -0.495 e. The third-order valence-electron chi connectivity index (χ3n) is 5.13. The molecule has 140 valence electrons. The van der Waals surface area contributed by atoms with E-state index in [0.29, 0.717) is 29.0 Å². The molecule has 1 aliphatic heterocycles. The van der Waals surface area contributed by atoms with Crippen molar-refractivity contribution in [2.24, 2.45) is 0 Å². The van der Waals surface area contributed by atoms with Gasteiger partial charge in [-0.2, -0.15) is 4.52 Å². The van der Waals surface area contributed by atoms with Crippen molar-refractivity contribution >= 4 is 27.9 Å². The maximum absolute atomic E-state index is 12.9. The number of carbonyl (C=O) groups is 1. The molecule has 9 heteroatoms. The topological polar surface area (TPSA) is 75.9 Å². The lowest BCUT2D eigenvalue weighted by atomic mass is 10.2. The molecule has 5 rings (SSSR count). The fourth-order valence-electron chi connectivity index (χ4n) is 3.49. The van der Waals surface area contributed by atoms with Crippen LogP contribution in [0.2, 0.25) is 0 Å². The first-order chi connectivity index (χ1) is 13.2. The SMILES string of the molecule is COc1ccccc1N1CCN(C(=O)c2nn3c(C4CC4)nnc3s2)CC1. The number of amides is 1. The normalized spacial score (nSPS) is 17.5. The Morgan fingerprint density at radius 1 is 1.15 bits per heavy atom. The third-order valence-corrected chi connectivity index (χ3v) is 6.02. The van der Waals surface area contributed by atoms with E-state index >= 15 is 0 Å². The lowest BCUT2D eigenvalue weighted by Gasteiger charge is -2.36. The first kappa shape index (κ1) is 16.5. The van der Waals surface area contributed by atoms with Gasteiger partial charge in [0.25, 0.3) is 5.91 Å². The highest BCUT2D eigenvalue weighted by atomic mass is 32.1. The average Bonchev–Trinajstić information content (AvgIpc) is 3.34. The molecular weight excluding hydrogens is 364 g/mol. The Labute approximate surface area is 160 Å². The molecule has 0 atom stereocenters. The molecule has 3 aromatic rings. The second-order valence-electron chi connectivity index (χ2n) is 6.89. The number of aromatic nitrogens is 4. The molecule has 1 amide bonds. The zero-order chi connectivity index (χ0) is 18.4. The van der Waals surface area contributed by atoms with Gasteiger partial charge in [-0.05, 0) is 25.0 Å². The Balaban J connectivity index is 1.30. The van der Waals surface area contributed by atoms with E-state index < -0.39 is 0 Å². The molecule has 0 bridgehead atoms. The third kappa shape index (κ3) is 2.91. The van der Waals surface area contributed by atoms with Crippen molar-refractivity contribution in [3.8, 4) is 5.75 Å². The highest BCUT2D eigenvalue weighted by molar-refractivity contribution is 7.18. The second-order valence-corrected chi connectivity index (χ2v) is 7.84. The average molecular weight is 384 g/mol. The first-order valence-corrected chi connectivity index (χ1v) is 9.95. The molecule has 1 saturated carbocycles. The van der Waals surface area contributed by atoms with Crippen molar-refractivity contribution in [2.75, 3.05) is 38.2 Å². The van der Waals surface area contributed by atoms with E-state index in [0.717, 1.165) is 43.2 Å². The van der Waals surface area contributed by atoms with Crippen LogP contribution in [0.5, 0.6) is 5.75 Å². The number of anilines is 1. The zero-order valence-electron chi connectivity index (χ0n) is 15.0. The van der Waals surface area contributed by atoms with Crippen LogP contribution in [0.3, 0.4) is 0 Å². The van der Waals surface area contributed by atoms with Crippen molar-refractivity contribution in [3.63, 3.8) is 0 Å². The number of para-hydroxylation sites is 2. The van der Waals surface area contributed by atoms with Gasteiger partial charge in [-0.3, -0.25) is 4.79 Å². The van der Waals surface area contributed by atoms with Gasteiger partial charge in [0.15, 0.2) is 5.82 Å². The van der Waals surface area contributed by atoms with Crippen molar-refractivity contribution in [2.45, 2.75) is 18.8 Å². The summed E-state index contributed by atoms with van der Waals surface area (Å²) in [7, 11) is 1.68. The smallest absolute Gasteiger partial charge is 0.284 e. The highest BCUT2D eigenvalue weighted by Crippen LogP contribution is 2.39. The number of ether oxygens (including phenoxy) is 1. The first-order valence-electron chi connectivity index (χ1n) is 9.14. The fraction of sp³-hybridized carbons (Fsp3) is 0.444. The van der Waals surface area contributed by atoms with E-state index in [1.807, 2.05) is 23.1 Å². The van der Waals surface area contributed by atoms with Gasteiger partial charge in [-0.25, -0.2) is 0 Å². The van der Waals surface area contributed by atoms with Crippen LogP contribution >= 0.6 is 11.3 Å². The van der Waals surface area contributed by atoms with Gasteiger partial charge in [0, 0.05) is 32.1 Å². The highest BCUT2D eigenvalue weighted by Gasteiger charge is 2.31. The van der Waals surface area contributed by atoms with E-state index in [4.69, 9.17) is 4.74 Å². The van der Waals surface area contributed by atoms with Gasteiger partial charge in [0.1, 0.15) is 5.75 Å². The number of fused-ring (bicyclic) bond motifs is 1. The van der Waals surface area contributed by atoms with Crippen LogP contribution in [-0.4, -0.2) is 63.9 Å². The van der Waals surface area contributed by atoms with Crippen molar-refractivity contribution < 1.29 is 9.53 Å². The Hall–Kier alpha value is -2.68. The molecule has 2 fully saturated rings. The Morgan fingerprint density at radius 3 is 2.67 bits per heavy atom. The Kier molecular flexibility index (Phi) is 3.96. The van der Waals surface area contributed by atoms with E-state index in [9.17, 15) is 4.79 Å². The Bertz CT molecular complexity index is 987. The summed E-state index contributed by atoms with van der Waals surface area (Å²) in [5, 5.41) is 13.4. The molecular formula is C18H20N6O2S. The van der Waals surface area contributed by atoms with Crippen LogP contribution in [0.4, 0.5) is 5.69 Å². The molecule has 2 aromatic heterocycles. The molecule has 0 N–H and O–H groups in total. The largest absolute Gasteiger partial charge is 0.495 e.